The Morgan fingerprint density at radius 3 is 2.69 bits per heavy atom. The summed E-state index contributed by atoms with van der Waals surface area (Å²) in [4.78, 5) is 0. The van der Waals surface area contributed by atoms with Crippen molar-refractivity contribution in [1.82, 2.24) is 5.32 Å². The Morgan fingerprint density at radius 1 is 1.31 bits per heavy atom. The zero-order chi connectivity index (χ0) is 9.10. The Hall–Kier alpha value is -0.860. The molecule has 1 heterocycles. The van der Waals surface area contributed by atoms with Crippen LogP contribution in [0.15, 0.2) is 30.3 Å². The molecule has 1 aromatic rings. The number of nitrogens with one attached hydrogen (secondary N) is 1. The minimum atomic E-state index is -0.145. The Kier molecular flexibility index (Phi) is 2.62. The molecule has 13 heavy (non-hydrogen) atoms. The second kappa shape index (κ2) is 3.90. The van der Waals surface area contributed by atoms with E-state index >= 15 is 0 Å². The van der Waals surface area contributed by atoms with Gasteiger partial charge in [-0.2, -0.15) is 0 Å². The molecular weight excluding hydrogens is 162 g/mol. The molecule has 2 nitrogen and oxygen atoms in total. The van der Waals surface area contributed by atoms with Crippen LogP contribution < -0.4 is 5.32 Å². The summed E-state index contributed by atoms with van der Waals surface area (Å²) in [5.74, 6) is 0. The summed E-state index contributed by atoms with van der Waals surface area (Å²) in [6, 6.07) is 10.9. The highest BCUT2D eigenvalue weighted by Crippen LogP contribution is 2.12. The summed E-state index contributed by atoms with van der Waals surface area (Å²) in [5, 5.41) is 12.6. The maximum atomic E-state index is 9.32. The van der Waals surface area contributed by atoms with Gasteiger partial charge in [0.2, 0.25) is 0 Å². The second-order valence-electron chi connectivity index (χ2n) is 3.68. The smallest absolute Gasteiger partial charge is 0.0679 e. The molecule has 0 spiro atoms. The van der Waals surface area contributed by atoms with Gasteiger partial charge in [-0.25, -0.2) is 0 Å². The second-order valence-corrected chi connectivity index (χ2v) is 3.68. The van der Waals surface area contributed by atoms with E-state index in [1.54, 1.807) is 0 Å². The van der Waals surface area contributed by atoms with Gasteiger partial charge < -0.3 is 10.4 Å². The van der Waals surface area contributed by atoms with Crippen molar-refractivity contribution in [1.29, 1.82) is 0 Å². The van der Waals surface area contributed by atoms with Crippen molar-refractivity contribution in [3.05, 3.63) is 35.9 Å². The first-order valence-corrected chi connectivity index (χ1v) is 4.80. The van der Waals surface area contributed by atoms with Crippen LogP contribution in [-0.4, -0.2) is 23.8 Å². The summed E-state index contributed by atoms with van der Waals surface area (Å²) < 4.78 is 0. The molecule has 1 aliphatic heterocycles. The molecule has 2 atom stereocenters. The Labute approximate surface area is 78.6 Å². The average Bonchev–Trinajstić information content (AvgIpc) is 2.53. The van der Waals surface area contributed by atoms with Crippen LogP contribution in [-0.2, 0) is 6.42 Å². The largest absolute Gasteiger partial charge is 0.392 e. The number of aliphatic hydroxyl groups is 1. The highest BCUT2D eigenvalue weighted by atomic mass is 16.3. The van der Waals surface area contributed by atoms with Gasteiger partial charge in [-0.15, -0.1) is 0 Å². The summed E-state index contributed by atoms with van der Waals surface area (Å²) in [5.41, 5.74) is 1.34. The zero-order valence-corrected chi connectivity index (χ0v) is 7.61. The third-order valence-corrected chi connectivity index (χ3v) is 2.52. The van der Waals surface area contributed by atoms with E-state index in [-0.39, 0.29) is 6.10 Å². The van der Waals surface area contributed by atoms with Crippen LogP contribution in [0.3, 0.4) is 0 Å². The predicted molar refractivity (Wildman–Crippen MR) is 52.6 cm³/mol. The SMILES string of the molecule is O[C@H]1CN[C@H](Cc2ccccc2)C1. The van der Waals surface area contributed by atoms with Gasteiger partial charge in [-0.05, 0) is 18.4 Å². The topological polar surface area (TPSA) is 32.3 Å². The number of aliphatic hydroxyl groups excluding tert-OH is 1. The van der Waals surface area contributed by atoms with Crippen molar-refractivity contribution < 1.29 is 5.11 Å². The maximum absolute atomic E-state index is 9.32. The van der Waals surface area contributed by atoms with Crippen LogP contribution in [0, 0.1) is 0 Å². The lowest BCUT2D eigenvalue weighted by atomic mass is 10.0. The standard InChI is InChI=1S/C11H15NO/c13-11-7-10(12-8-11)6-9-4-2-1-3-5-9/h1-5,10-13H,6-8H2/t10-,11-/m1/s1. The lowest BCUT2D eigenvalue weighted by Crippen LogP contribution is -2.23. The number of benzene rings is 1. The summed E-state index contributed by atoms with van der Waals surface area (Å²) in [7, 11) is 0. The Bertz CT molecular complexity index is 260. The Balaban J connectivity index is 1.92. The molecule has 2 rings (SSSR count). The van der Waals surface area contributed by atoms with Gasteiger partial charge in [-0.3, -0.25) is 0 Å². The van der Waals surface area contributed by atoms with Gasteiger partial charge >= 0.3 is 0 Å². The van der Waals surface area contributed by atoms with Crippen LogP contribution in [0.25, 0.3) is 0 Å². The highest BCUT2D eigenvalue weighted by Gasteiger charge is 2.21. The van der Waals surface area contributed by atoms with Crippen LogP contribution in [0.1, 0.15) is 12.0 Å². The van der Waals surface area contributed by atoms with Gasteiger partial charge in [0.25, 0.3) is 0 Å². The fourth-order valence-corrected chi connectivity index (χ4v) is 1.85. The fraction of sp³-hybridized carbons (Fsp3) is 0.455. The summed E-state index contributed by atoms with van der Waals surface area (Å²) in [6.45, 7) is 0.748. The lowest BCUT2D eigenvalue weighted by molar-refractivity contribution is 0.193. The Morgan fingerprint density at radius 2 is 2.08 bits per heavy atom. The van der Waals surface area contributed by atoms with Crippen molar-refractivity contribution in [2.45, 2.75) is 25.0 Å². The molecule has 0 saturated carbocycles. The summed E-state index contributed by atoms with van der Waals surface area (Å²) in [6.07, 6.45) is 1.76. The minimum absolute atomic E-state index is 0.145. The van der Waals surface area contributed by atoms with E-state index < -0.39 is 0 Å². The molecular formula is C11H15NO. The maximum Gasteiger partial charge on any atom is 0.0679 e. The molecule has 2 heteroatoms. The van der Waals surface area contributed by atoms with Crippen LogP contribution in [0.2, 0.25) is 0 Å². The quantitative estimate of drug-likeness (QED) is 0.705. The molecule has 1 fully saturated rings. The first-order valence-electron chi connectivity index (χ1n) is 4.80. The molecule has 0 aliphatic carbocycles. The van der Waals surface area contributed by atoms with E-state index in [1.807, 2.05) is 6.07 Å². The monoisotopic (exact) mass is 177 g/mol. The van der Waals surface area contributed by atoms with Crippen molar-refractivity contribution in [2.75, 3.05) is 6.54 Å². The van der Waals surface area contributed by atoms with E-state index in [1.165, 1.54) is 5.56 Å². The number of hydrogen-bond donors (Lipinski definition) is 2. The zero-order valence-electron chi connectivity index (χ0n) is 7.61. The number of β-amino-alcohol motifs (C(OH)–C–C–N with tert-alkyl or cyclic N) is 1. The van der Waals surface area contributed by atoms with Crippen molar-refractivity contribution in [3.63, 3.8) is 0 Å². The van der Waals surface area contributed by atoms with Gasteiger partial charge in [-0.1, -0.05) is 30.3 Å². The van der Waals surface area contributed by atoms with E-state index in [2.05, 4.69) is 29.6 Å². The van der Waals surface area contributed by atoms with Gasteiger partial charge in [0, 0.05) is 12.6 Å². The molecule has 0 bridgehead atoms. The van der Waals surface area contributed by atoms with Crippen LogP contribution >= 0.6 is 0 Å². The molecule has 0 unspecified atom stereocenters. The van der Waals surface area contributed by atoms with Crippen molar-refractivity contribution in [3.8, 4) is 0 Å². The lowest BCUT2D eigenvalue weighted by Gasteiger charge is -2.09. The molecule has 1 saturated heterocycles. The van der Waals surface area contributed by atoms with Gasteiger partial charge in [0.1, 0.15) is 0 Å². The van der Waals surface area contributed by atoms with Gasteiger partial charge in [0.05, 0.1) is 6.10 Å². The molecule has 0 amide bonds. The molecule has 1 aromatic carbocycles. The predicted octanol–water partition coefficient (Wildman–Crippen LogP) is 0.952. The molecule has 0 aromatic heterocycles. The van der Waals surface area contributed by atoms with E-state index in [4.69, 9.17) is 0 Å². The van der Waals surface area contributed by atoms with E-state index in [0.29, 0.717) is 6.04 Å². The first-order chi connectivity index (χ1) is 6.34. The normalized spacial score (nSPS) is 27.8. The molecule has 1 aliphatic rings. The number of rotatable bonds is 2. The van der Waals surface area contributed by atoms with Crippen molar-refractivity contribution in [2.24, 2.45) is 0 Å². The fourth-order valence-electron chi connectivity index (χ4n) is 1.85. The third-order valence-electron chi connectivity index (χ3n) is 2.52. The third kappa shape index (κ3) is 2.29. The van der Waals surface area contributed by atoms with Crippen LogP contribution in [0.5, 0.6) is 0 Å². The molecule has 70 valence electrons. The van der Waals surface area contributed by atoms with E-state index in [9.17, 15) is 5.11 Å². The van der Waals surface area contributed by atoms with E-state index in [0.717, 1.165) is 19.4 Å². The molecule has 2 N–H and O–H groups in total. The highest BCUT2D eigenvalue weighted by molar-refractivity contribution is 5.16. The average molecular weight is 177 g/mol. The summed E-state index contributed by atoms with van der Waals surface area (Å²) >= 11 is 0. The minimum Gasteiger partial charge on any atom is -0.392 e. The number of hydrogen-bond acceptors (Lipinski definition) is 2. The van der Waals surface area contributed by atoms with Crippen LogP contribution in [0.4, 0.5) is 0 Å². The molecule has 0 radical (unpaired) electrons. The first kappa shape index (κ1) is 8.73. The van der Waals surface area contributed by atoms with Gasteiger partial charge in [0.15, 0.2) is 0 Å². The van der Waals surface area contributed by atoms with Crippen molar-refractivity contribution >= 4 is 0 Å².